The standard InChI is InChI=1S/C19H27NO5/c1-4-24-16-9-8-13(11-17(16)25-5-2)12(3)20-18(21)14-6-7-15(10-14)19(22)23/h8-9,11-12,14-15H,4-7,10H2,1-3H3,(H,20,21)(H,22,23)/t12?,14-,15+/m1/s1. The van der Waals surface area contributed by atoms with Crippen LogP contribution in [0.2, 0.25) is 0 Å². The van der Waals surface area contributed by atoms with Crippen LogP contribution in [0.25, 0.3) is 0 Å². The molecule has 2 rings (SSSR count). The lowest BCUT2D eigenvalue weighted by molar-refractivity contribution is -0.141. The molecule has 0 aromatic heterocycles. The Bertz CT molecular complexity index is 616. The van der Waals surface area contributed by atoms with Gasteiger partial charge in [0.25, 0.3) is 0 Å². The summed E-state index contributed by atoms with van der Waals surface area (Å²) < 4.78 is 11.2. The second-order valence-corrected chi connectivity index (χ2v) is 6.35. The molecule has 6 nitrogen and oxygen atoms in total. The van der Waals surface area contributed by atoms with Gasteiger partial charge >= 0.3 is 5.97 Å². The summed E-state index contributed by atoms with van der Waals surface area (Å²) in [5.74, 6) is -0.167. The van der Waals surface area contributed by atoms with E-state index < -0.39 is 11.9 Å². The van der Waals surface area contributed by atoms with E-state index in [1.54, 1.807) is 0 Å². The fraction of sp³-hybridized carbons (Fsp3) is 0.579. The van der Waals surface area contributed by atoms with Crippen molar-refractivity contribution in [3.63, 3.8) is 0 Å². The van der Waals surface area contributed by atoms with Gasteiger partial charge in [-0.2, -0.15) is 0 Å². The first-order valence-electron chi connectivity index (χ1n) is 8.88. The number of ether oxygens (including phenoxy) is 2. The molecular formula is C19H27NO5. The third kappa shape index (κ3) is 4.87. The second kappa shape index (κ2) is 8.74. The number of hydrogen-bond acceptors (Lipinski definition) is 4. The molecule has 6 heteroatoms. The smallest absolute Gasteiger partial charge is 0.306 e. The fourth-order valence-electron chi connectivity index (χ4n) is 3.20. The highest BCUT2D eigenvalue weighted by Gasteiger charge is 2.34. The first-order valence-corrected chi connectivity index (χ1v) is 8.88. The maximum atomic E-state index is 12.4. The monoisotopic (exact) mass is 349 g/mol. The van der Waals surface area contributed by atoms with Crippen LogP contribution in [0.4, 0.5) is 0 Å². The van der Waals surface area contributed by atoms with Gasteiger partial charge in [-0.25, -0.2) is 0 Å². The molecule has 1 unspecified atom stereocenters. The van der Waals surface area contributed by atoms with Crippen molar-refractivity contribution in [2.45, 2.75) is 46.1 Å². The molecule has 2 N–H and O–H groups in total. The van der Waals surface area contributed by atoms with Gasteiger partial charge in [0.15, 0.2) is 11.5 Å². The lowest BCUT2D eigenvalue weighted by Crippen LogP contribution is -2.32. The minimum absolute atomic E-state index is 0.0805. The van der Waals surface area contributed by atoms with Gasteiger partial charge in [0.1, 0.15) is 0 Å². The second-order valence-electron chi connectivity index (χ2n) is 6.35. The maximum Gasteiger partial charge on any atom is 0.306 e. The van der Waals surface area contributed by atoms with Crippen LogP contribution < -0.4 is 14.8 Å². The summed E-state index contributed by atoms with van der Waals surface area (Å²) in [6.07, 6.45) is 1.61. The molecule has 0 aliphatic heterocycles. The Hall–Kier alpha value is -2.24. The van der Waals surface area contributed by atoms with Crippen molar-refractivity contribution in [2.24, 2.45) is 11.8 Å². The molecule has 1 aliphatic rings. The molecular weight excluding hydrogens is 322 g/mol. The highest BCUT2D eigenvalue weighted by atomic mass is 16.5. The van der Waals surface area contributed by atoms with Gasteiger partial charge < -0.3 is 19.9 Å². The number of benzene rings is 1. The van der Waals surface area contributed by atoms with Gasteiger partial charge in [0.2, 0.25) is 5.91 Å². The Morgan fingerprint density at radius 1 is 1.16 bits per heavy atom. The van der Waals surface area contributed by atoms with Crippen LogP contribution in [-0.2, 0) is 9.59 Å². The predicted octanol–water partition coefficient (Wildman–Crippen LogP) is 3.16. The molecule has 0 saturated heterocycles. The summed E-state index contributed by atoms with van der Waals surface area (Å²) in [5, 5.41) is 12.1. The lowest BCUT2D eigenvalue weighted by Gasteiger charge is -2.19. The van der Waals surface area contributed by atoms with Crippen LogP contribution in [0.5, 0.6) is 11.5 Å². The quantitative estimate of drug-likeness (QED) is 0.753. The summed E-state index contributed by atoms with van der Waals surface area (Å²) in [4.78, 5) is 23.5. The largest absolute Gasteiger partial charge is 0.490 e. The number of carboxylic acids is 1. The van der Waals surface area contributed by atoms with E-state index >= 15 is 0 Å². The minimum Gasteiger partial charge on any atom is -0.490 e. The summed E-state index contributed by atoms with van der Waals surface area (Å²) in [6.45, 7) is 6.82. The third-order valence-electron chi connectivity index (χ3n) is 4.58. The molecule has 0 bridgehead atoms. The number of aliphatic carboxylic acids is 1. The van der Waals surface area contributed by atoms with Crippen LogP contribution in [-0.4, -0.2) is 30.2 Å². The van der Waals surface area contributed by atoms with Crippen molar-refractivity contribution in [3.05, 3.63) is 23.8 Å². The number of amides is 1. The van der Waals surface area contributed by atoms with Crippen LogP contribution in [0, 0.1) is 11.8 Å². The van der Waals surface area contributed by atoms with E-state index in [2.05, 4.69) is 5.32 Å². The van der Waals surface area contributed by atoms with Crippen molar-refractivity contribution >= 4 is 11.9 Å². The molecule has 25 heavy (non-hydrogen) atoms. The van der Waals surface area contributed by atoms with Crippen LogP contribution in [0.3, 0.4) is 0 Å². The topological polar surface area (TPSA) is 84.9 Å². The summed E-state index contributed by atoms with van der Waals surface area (Å²) in [6, 6.07) is 5.45. The molecule has 138 valence electrons. The number of nitrogens with one attached hydrogen (secondary N) is 1. The highest BCUT2D eigenvalue weighted by molar-refractivity contribution is 5.81. The van der Waals surface area contributed by atoms with Crippen molar-refractivity contribution in [3.8, 4) is 11.5 Å². The molecule has 3 atom stereocenters. The number of hydrogen-bond donors (Lipinski definition) is 2. The number of carboxylic acid groups (broad SMARTS) is 1. The van der Waals surface area contributed by atoms with Gasteiger partial charge in [0, 0.05) is 5.92 Å². The molecule has 1 aliphatic carbocycles. The number of carbonyl (C=O) groups is 2. The number of rotatable bonds is 8. The molecule has 0 spiro atoms. The SMILES string of the molecule is CCOc1ccc(C(C)NC(=O)[C@@H]2CC[C@H](C(=O)O)C2)cc1OCC. The van der Waals surface area contributed by atoms with Crippen molar-refractivity contribution < 1.29 is 24.2 Å². The van der Waals surface area contributed by atoms with Gasteiger partial charge in [0.05, 0.1) is 25.2 Å². The third-order valence-corrected chi connectivity index (χ3v) is 4.58. The predicted molar refractivity (Wildman–Crippen MR) is 93.8 cm³/mol. The molecule has 0 heterocycles. The molecule has 1 aromatic carbocycles. The van der Waals surface area contributed by atoms with Gasteiger partial charge in [-0.1, -0.05) is 6.07 Å². The number of carbonyl (C=O) groups excluding carboxylic acids is 1. The Morgan fingerprint density at radius 2 is 1.80 bits per heavy atom. The Labute approximate surface area is 148 Å². The zero-order valence-electron chi connectivity index (χ0n) is 15.1. The van der Waals surface area contributed by atoms with Crippen molar-refractivity contribution in [1.82, 2.24) is 5.32 Å². The van der Waals surface area contributed by atoms with Crippen LogP contribution >= 0.6 is 0 Å². The first kappa shape index (κ1) is 19.1. The van der Waals surface area contributed by atoms with Gasteiger partial charge in [-0.3, -0.25) is 9.59 Å². The van der Waals surface area contributed by atoms with E-state index in [0.717, 1.165) is 5.56 Å². The van der Waals surface area contributed by atoms with E-state index in [1.165, 1.54) is 0 Å². The van der Waals surface area contributed by atoms with E-state index in [4.69, 9.17) is 14.6 Å². The first-order chi connectivity index (χ1) is 12.0. The normalized spacial score (nSPS) is 20.8. The van der Waals surface area contributed by atoms with E-state index in [0.29, 0.717) is 44.0 Å². The molecule has 1 amide bonds. The van der Waals surface area contributed by atoms with Gasteiger partial charge in [-0.05, 0) is 57.7 Å². The van der Waals surface area contributed by atoms with Crippen LogP contribution in [0.15, 0.2) is 18.2 Å². The Kier molecular flexibility index (Phi) is 6.67. The zero-order valence-corrected chi connectivity index (χ0v) is 15.1. The molecule has 1 aromatic rings. The molecule has 1 saturated carbocycles. The van der Waals surface area contributed by atoms with E-state index in [-0.39, 0.29) is 17.9 Å². The summed E-state index contributed by atoms with van der Waals surface area (Å²) in [7, 11) is 0. The Morgan fingerprint density at radius 3 is 2.40 bits per heavy atom. The summed E-state index contributed by atoms with van der Waals surface area (Å²) in [5.41, 5.74) is 0.924. The van der Waals surface area contributed by atoms with Crippen LogP contribution in [0.1, 0.15) is 51.6 Å². The average molecular weight is 349 g/mol. The van der Waals surface area contributed by atoms with E-state index in [1.807, 2.05) is 39.0 Å². The molecule has 1 fully saturated rings. The molecule has 0 radical (unpaired) electrons. The zero-order chi connectivity index (χ0) is 18.4. The Balaban J connectivity index is 2.02. The lowest BCUT2D eigenvalue weighted by atomic mass is 10.0. The van der Waals surface area contributed by atoms with Gasteiger partial charge in [-0.15, -0.1) is 0 Å². The minimum atomic E-state index is -0.809. The summed E-state index contributed by atoms with van der Waals surface area (Å²) >= 11 is 0. The fourth-order valence-corrected chi connectivity index (χ4v) is 3.20. The van der Waals surface area contributed by atoms with E-state index in [9.17, 15) is 9.59 Å². The van der Waals surface area contributed by atoms with Crippen molar-refractivity contribution in [1.29, 1.82) is 0 Å². The maximum absolute atomic E-state index is 12.4. The average Bonchev–Trinajstić information content (AvgIpc) is 3.07. The highest BCUT2D eigenvalue weighted by Crippen LogP contribution is 2.33. The van der Waals surface area contributed by atoms with Crippen molar-refractivity contribution in [2.75, 3.05) is 13.2 Å².